The molecule has 1 atom stereocenters. The van der Waals surface area contributed by atoms with Gasteiger partial charge in [0.2, 0.25) is 0 Å². The fourth-order valence-corrected chi connectivity index (χ4v) is 5.98. The van der Waals surface area contributed by atoms with Crippen molar-refractivity contribution in [3.8, 4) is 22.8 Å². The summed E-state index contributed by atoms with van der Waals surface area (Å²) in [6.07, 6.45) is 0.438. The summed E-state index contributed by atoms with van der Waals surface area (Å²) < 4.78 is 42.5. The highest BCUT2D eigenvalue weighted by Gasteiger charge is 2.34. The molecule has 3 aromatic carbocycles. The SMILES string of the molecule is Cc1cccc2c1C(C)C=C1CS/C(=N\C(=O)N/N=C/c3ccc(-c4ncn(-c5ccc(OC(F)(F)F)cc5)n4)cc3)N12. The van der Waals surface area contributed by atoms with Crippen molar-refractivity contribution in [2.75, 3.05) is 10.7 Å². The molecule has 1 N–H and O–H groups in total. The van der Waals surface area contributed by atoms with E-state index < -0.39 is 12.4 Å². The molecule has 1 saturated heterocycles. The Kier molecular flexibility index (Phi) is 7.48. The molecule has 6 rings (SSSR count). The summed E-state index contributed by atoms with van der Waals surface area (Å²) in [6.45, 7) is 4.27. The van der Waals surface area contributed by atoms with Crippen molar-refractivity contribution in [3.63, 3.8) is 0 Å². The Morgan fingerprint density at radius 3 is 2.63 bits per heavy atom. The number of nitrogens with zero attached hydrogens (tertiary/aromatic N) is 6. The van der Waals surface area contributed by atoms with Gasteiger partial charge in [0.25, 0.3) is 0 Å². The predicted molar refractivity (Wildman–Crippen MR) is 160 cm³/mol. The van der Waals surface area contributed by atoms with Crippen LogP contribution in [0.1, 0.15) is 29.5 Å². The number of nitrogens with one attached hydrogen (secondary N) is 1. The number of ether oxygens (including phenoxy) is 1. The zero-order valence-corrected chi connectivity index (χ0v) is 23.7. The number of aromatic nitrogens is 3. The van der Waals surface area contributed by atoms with Gasteiger partial charge in [-0.1, -0.05) is 61.2 Å². The summed E-state index contributed by atoms with van der Waals surface area (Å²) in [5.74, 6) is 1.14. The van der Waals surface area contributed by atoms with Crippen LogP contribution < -0.4 is 15.1 Å². The molecule has 43 heavy (non-hydrogen) atoms. The Morgan fingerprint density at radius 1 is 1.12 bits per heavy atom. The molecule has 0 radical (unpaired) electrons. The largest absolute Gasteiger partial charge is 0.573 e. The van der Waals surface area contributed by atoms with E-state index in [2.05, 4.69) is 62.4 Å². The average Bonchev–Trinajstić information content (AvgIpc) is 3.61. The van der Waals surface area contributed by atoms with Gasteiger partial charge in [-0.25, -0.2) is 19.9 Å². The lowest BCUT2D eigenvalue weighted by Crippen LogP contribution is -2.29. The summed E-state index contributed by atoms with van der Waals surface area (Å²) >= 11 is 1.51. The van der Waals surface area contributed by atoms with Crippen LogP contribution in [0.2, 0.25) is 0 Å². The zero-order chi connectivity index (χ0) is 30.1. The molecule has 218 valence electrons. The van der Waals surface area contributed by atoms with Crippen LogP contribution in [0.3, 0.4) is 0 Å². The molecule has 2 amide bonds. The number of benzene rings is 3. The van der Waals surface area contributed by atoms with Crippen molar-refractivity contribution >= 4 is 34.9 Å². The lowest BCUT2D eigenvalue weighted by molar-refractivity contribution is -0.274. The highest BCUT2D eigenvalue weighted by Crippen LogP contribution is 2.44. The van der Waals surface area contributed by atoms with Crippen molar-refractivity contribution in [2.45, 2.75) is 26.1 Å². The van der Waals surface area contributed by atoms with Crippen LogP contribution in [0.25, 0.3) is 17.1 Å². The molecule has 1 aromatic heterocycles. The van der Waals surface area contributed by atoms with Gasteiger partial charge < -0.3 is 4.74 Å². The molecule has 0 aliphatic carbocycles. The van der Waals surface area contributed by atoms with Crippen LogP contribution in [0, 0.1) is 6.92 Å². The second-order valence-corrected chi connectivity index (χ2v) is 10.8. The second kappa shape index (κ2) is 11.4. The highest BCUT2D eigenvalue weighted by molar-refractivity contribution is 8.14. The fraction of sp³-hybridized carbons (Fsp3) is 0.167. The highest BCUT2D eigenvalue weighted by atomic mass is 32.2. The van der Waals surface area contributed by atoms with Gasteiger partial charge in [0.1, 0.15) is 12.1 Å². The summed E-state index contributed by atoms with van der Waals surface area (Å²) in [5, 5.41) is 9.05. The molecule has 13 heteroatoms. The quantitative estimate of drug-likeness (QED) is 0.199. The number of allylic oxidation sites excluding steroid dienone is 1. The Hall–Kier alpha value is -4.91. The lowest BCUT2D eigenvalue weighted by atomic mass is 9.90. The van der Waals surface area contributed by atoms with Crippen LogP contribution in [0.5, 0.6) is 5.75 Å². The van der Waals surface area contributed by atoms with E-state index in [0.29, 0.717) is 22.6 Å². The number of hydrazone groups is 1. The summed E-state index contributed by atoms with van der Waals surface area (Å²) in [6, 6.07) is 18.1. The van der Waals surface area contributed by atoms with Crippen LogP contribution in [-0.4, -0.2) is 44.3 Å². The number of urea groups is 1. The number of thioether (sulfide) groups is 1. The molecule has 4 aromatic rings. The average molecular weight is 604 g/mol. The first-order valence-corrected chi connectivity index (χ1v) is 14.2. The maximum absolute atomic E-state index is 12.6. The van der Waals surface area contributed by atoms with Gasteiger partial charge in [-0.15, -0.1) is 18.3 Å². The monoisotopic (exact) mass is 603 g/mol. The molecule has 3 heterocycles. The van der Waals surface area contributed by atoms with Crippen LogP contribution in [-0.2, 0) is 0 Å². The van der Waals surface area contributed by atoms with Gasteiger partial charge in [-0.3, -0.25) is 4.90 Å². The molecular formula is C30H24F3N7O2S. The van der Waals surface area contributed by atoms with Gasteiger partial charge in [0, 0.05) is 22.9 Å². The van der Waals surface area contributed by atoms with Gasteiger partial charge in [0.05, 0.1) is 17.6 Å². The van der Waals surface area contributed by atoms with Crippen molar-refractivity contribution in [1.82, 2.24) is 20.2 Å². The Balaban J connectivity index is 1.08. The first-order chi connectivity index (χ1) is 20.6. The standard InChI is InChI=1S/C30H24F3N7O2S/c1-18-4-3-5-25-26(18)19(2)14-23-16-43-29(40(23)25)36-28(41)37-35-15-20-6-8-21(9-7-20)27-34-17-39(38-27)22-10-12-24(13-11-22)42-30(31,32)33/h3-15,17,19H,16H2,1-2H3,(H,37,41)/b35-15+,36-29-. The lowest BCUT2D eigenvalue weighted by Gasteiger charge is -2.30. The number of amidine groups is 1. The molecule has 1 unspecified atom stereocenters. The van der Waals surface area contributed by atoms with E-state index in [0.717, 1.165) is 28.3 Å². The van der Waals surface area contributed by atoms with E-state index in [4.69, 9.17) is 0 Å². The number of hydrogen-bond acceptors (Lipinski definition) is 6. The van der Waals surface area contributed by atoms with Crippen molar-refractivity contribution in [2.24, 2.45) is 10.1 Å². The van der Waals surface area contributed by atoms with E-state index >= 15 is 0 Å². The maximum Gasteiger partial charge on any atom is 0.573 e. The second-order valence-electron chi connectivity index (χ2n) is 9.82. The van der Waals surface area contributed by atoms with Crippen molar-refractivity contribution in [3.05, 3.63) is 102 Å². The number of halogens is 3. The minimum absolute atomic E-state index is 0.293. The zero-order valence-electron chi connectivity index (χ0n) is 22.9. The molecule has 0 saturated carbocycles. The summed E-state index contributed by atoms with van der Waals surface area (Å²) in [7, 11) is 0. The molecule has 1 fully saturated rings. The third-order valence-corrected chi connectivity index (χ3v) is 7.81. The minimum atomic E-state index is -4.76. The van der Waals surface area contributed by atoms with Gasteiger partial charge in [-0.2, -0.15) is 10.1 Å². The number of carbonyl (C=O) groups excluding carboxylic acids is 1. The first-order valence-electron chi connectivity index (χ1n) is 13.2. The number of anilines is 1. The number of hydrogen-bond donors (Lipinski definition) is 1. The van der Waals surface area contributed by atoms with Crippen LogP contribution >= 0.6 is 11.8 Å². The van der Waals surface area contributed by atoms with Gasteiger partial charge >= 0.3 is 12.4 Å². The smallest absolute Gasteiger partial charge is 0.406 e. The number of fused-ring (bicyclic) bond motifs is 3. The molecule has 2 aliphatic heterocycles. The van der Waals surface area contributed by atoms with E-state index in [9.17, 15) is 18.0 Å². The topological polar surface area (TPSA) is 97.0 Å². The van der Waals surface area contributed by atoms with Gasteiger partial charge in [0.15, 0.2) is 11.0 Å². The third-order valence-electron chi connectivity index (χ3n) is 6.83. The van der Waals surface area contributed by atoms with E-state index in [-0.39, 0.29) is 5.75 Å². The van der Waals surface area contributed by atoms with Crippen molar-refractivity contribution in [1.29, 1.82) is 0 Å². The predicted octanol–water partition coefficient (Wildman–Crippen LogP) is 6.80. The minimum Gasteiger partial charge on any atom is -0.406 e. The molecule has 2 aliphatic rings. The molecule has 0 bridgehead atoms. The number of rotatable bonds is 5. The number of alkyl halides is 3. The number of aliphatic imine (C=N–C) groups is 1. The summed E-state index contributed by atoms with van der Waals surface area (Å²) in [4.78, 5) is 23.2. The normalized spacial score (nSPS) is 17.1. The molecule has 0 spiro atoms. The Bertz CT molecular complexity index is 1760. The number of carbonyl (C=O) groups is 1. The number of aryl methyl sites for hydroxylation is 1. The maximum atomic E-state index is 12.6. The van der Waals surface area contributed by atoms with E-state index in [1.165, 1.54) is 64.4 Å². The molecule has 9 nitrogen and oxygen atoms in total. The van der Waals surface area contributed by atoms with E-state index in [1.54, 1.807) is 24.3 Å². The first kappa shape index (κ1) is 28.2. The summed E-state index contributed by atoms with van der Waals surface area (Å²) in [5.41, 5.74) is 9.05. The Morgan fingerprint density at radius 2 is 1.88 bits per heavy atom. The van der Waals surface area contributed by atoms with Gasteiger partial charge in [-0.05, 0) is 53.9 Å². The Labute approximate surface area is 248 Å². The number of amides is 2. The van der Waals surface area contributed by atoms with Crippen LogP contribution in [0.15, 0.2) is 94.9 Å². The third kappa shape index (κ3) is 6.16. The molecular weight excluding hydrogens is 579 g/mol. The fourth-order valence-electron chi connectivity index (χ4n) is 4.99. The van der Waals surface area contributed by atoms with E-state index in [1.807, 2.05) is 11.0 Å². The van der Waals surface area contributed by atoms with Crippen molar-refractivity contribution < 1.29 is 22.7 Å². The van der Waals surface area contributed by atoms with Crippen LogP contribution in [0.4, 0.5) is 23.7 Å².